The van der Waals surface area contributed by atoms with Crippen molar-refractivity contribution in [1.82, 2.24) is 20.1 Å². The molecule has 2 heterocycles. The molecule has 0 aliphatic carbocycles. The van der Waals surface area contributed by atoms with Gasteiger partial charge in [0.25, 0.3) is 0 Å². The Morgan fingerprint density at radius 3 is 2.65 bits per heavy atom. The summed E-state index contributed by atoms with van der Waals surface area (Å²) in [4.78, 5) is 12.3. The second kappa shape index (κ2) is 7.36. The van der Waals surface area contributed by atoms with Gasteiger partial charge >= 0.3 is 0 Å². The zero-order valence-corrected chi connectivity index (χ0v) is 16.0. The van der Waals surface area contributed by atoms with Crippen LogP contribution in [0.3, 0.4) is 0 Å². The third-order valence-corrected chi connectivity index (χ3v) is 7.07. The molecule has 26 heavy (non-hydrogen) atoms. The predicted octanol–water partition coefficient (Wildman–Crippen LogP) is 1.41. The number of halogens is 1. The molecule has 1 saturated heterocycles. The highest BCUT2D eigenvalue weighted by Gasteiger charge is 2.30. The molecule has 10 heteroatoms. The van der Waals surface area contributed by atoms with E-state index in [1.54, 1.807) is 30.7 Å². The van der Waals surface area contributed by atoms with E-state index in [1.165, 1.54) is 23.9 Å². The van der Waals surface area contributed by atoms with E-state index in [-0.39, 0.29) is 29.3 Å². The van der Waals surface area contributed by atoms with Gasteiger partial charge in [-0.2, -0.15) is 0 Å². The monoisotopic (exact) mass is 398 g/mol. The first-order valence-electron chi connectivity index (χ1n) is 8.08. The molecule has 1 N–H and O–H groups in total. The Morgan fingerprint density at radius 1 is 1.35 bits per heavy atom. The van der Waals surface area contributed by atoms with Gasteiger partial charge < -0.3 is 9.88 Å². The third kappa shape index (κ3) is 4.24. The minimum Gasteiger partial charge on any atom is -0.351 e. The number of aromatic nitrogens is 3. The standard InChI is InChI=1S/C16H19FN4O3S2/c1-10(15(22)18-13-7-8-26(23,24)9-13)25-16-20-19-14(21(16)2)11-3-5-12(17)6-4-11/h3-6,10,13H,7-9H2,1-2H3,(H,18,22)/t10-,13+/m1/s1. The van der Waals surface area contributed by atoms with Gasteiger partial charge in [0.2, 0.25) is 5.91 Å². The second-order valence-corrected chi connectivity index (χ2v) is 9.78. The molecule has 140 valence electrons. The third-order valence-electron chi connectivity index (χ3n) is 4.17. The Bertz CT molecular complexity index is 912. The van der Waals surface area contributed by atoms with Crippen LogP contribution in [0.25, 0.3) is 11.4 Å². The lowest BCUT2D eigenvalue weighted by molar-refractivity contribution is -0.120. The first-order valence-corrected chi connectivity index (χ1v) is 10.8. The summed E-state index contributed by atoms with van der Waals surface area (Å²) >= 11 is 1.23. The molecule has 0 saturated carbocycles. The van der Waals surface area contributed by atoms with Gasteiger partial charge in [-0.05, 0) is 37.6 Å². The fourth-order valence-corrected chi connectivity index (χ4v) is 5.20. The quantitative estimate of drug-likeness (QED) is 0.766. The normalized spacial score (nSPS) is 20.0. The number of thioether (sulfide) groups is 1. The summed E-state index contributed by atoms with van der Waals surface area (Å²) in [5.74, 6) is 0.119. The molecule has 1 aliphatic rings. The van der Waals surface area contributed by atoms with Crippen LogP contribution in [0.4, 0.5) is 4.39 Å². The molecule has 7 nitrogen and oxygen atoms in total. The van der Waals surface area contributed by atoms with Crippen LogP contribution in [-0.2, 0) is 21.7 Å². The van der Waals surface area contributed by atoms with Gasteiger partial charge in [0.1, 0.15) is 5.82 Å². The number of amides is 1. The van der Waals surface area contributed by atoms with Gasteiger partial charge in [0, 0.05) is 18.7 Å². The summed E-state index contributed by atoms with van der Waals surface area (Å²) in [5.41, 5.74) is 0.724. The van der Waals surface area contributed by atoms with Crippen molar-refractivity contribution in [2.75, 3.05) is 11.5 Å². The molecule has 3 rings (SSSR count). The SMILES string of the molecule is C[C@@H](Sc1nnc(-c2ccc(F)cc2)n1C)C(=O)N[C@H]1CCS(=O)(=O)C1. The number of carbonyl (C=O) groups is 1. The number of sulfone groups is 1. The van der Waals surface area contributed by atoms with E-state index in [0.29, 0.717) is 17.4 Å². The van der Waals surface area contributed by atoms with Crippen LogP contribution in [0.5, 0.6) is 0 Å². The van der Waals surface area contributed by atoms with Crippen LogP contribution in [0.2, 0.25) is 0 Å². The topological polar surface area (TPSA) is 93.9 Å². The Kier molecular flexibility index (Phi) is 5.33. The maximum atomic E-state index is 13.1. The molecule has 1 fully saturated rings. The Morgan fingerprint density at radius 2 is 2.04 bits per heavy atom. The first kappa shape index (κ1) is 18.8. The van der Waals surface area contributed by atoms with Gasteiger partial charge in [0.15, 0.2) is 20.8 Å². The molecular weight excluding hydrogens is 379 g/mol. The van der Waals surface area contributed by atoms with Crippen molar-refractivity contribution in [2.24, 2.45) is 7.05 Å². The highest BCUT2D eigenvalue weighted by molar-refractivity contribution is 8.00. The van der Waals surface area contributed by atoms with Crippen molar-refractivity contribution in [3.8, 4) is 11.4 Å². The average Bonchev–Trinajstić information content (AvgIpc) is 3.11. The first-order chi connectivity index (χ1) is 12.2. The number of nitrogens with one attached hydrogen (secondary N) is 1. The van der Waals surface area contributed by atoms with E-state index in [2.05, 4.69) is 15.5 Å². The number of hydrogen-bond acceptors (Lipinski definition) is 6. The molecule has 2 aromatic rings. The van der Waals surface area contributed by atoms with E-state index < -0.39 is 15.1 Å². The lowest BCUT2D eigenvalue weighted by Crippen LogP contribution is -2.40. The van der Waals surface area contributed by atoms with Crippen molar-refractivity contribution >= 4 is 27.5 Å². The number of carbonyl (C=O) groups excluding carboxylic acids is 1. The fourth-order valence-electron chi connectivity index (χ4n) is 2.71. The van der Waals surface area contributed by atoms with E-state index in [0.717, 1.165) is 5.56 Å². The van der Waals surface area contributed by atoms with Crippen LogP contribution in [0, 0.1) is 5.82 Å². The second-order valence-electron chi connectivity index (χ2n) is 6.24. The fraction of sp³-hybridized carbons (Fsp3) is 0.438. The zero-order chi connectivity index (χ0) is 18.9. The molecule has 1 amide bonds. The zero-order valence-electron chi connectivity index (χ0n) is 14.3. The van der Waals surface area contributed by atoms with Gasteiger partial charge in [-0.3, -0.25) is 4.79 Å². The largest absolute Gasteiger partial charge is 0.351 e. The van der Waals surface area contributed by atoms with Crippen LogP contribution in [0.1, 0.15) is 13.3 Å². The van der Waals surface area contributed by atoms with Crippen LogP contribution in [0.15, 0.2) is 29.4 Å². The van der Waals surface area contributed by atoms with Crippen LogP contribution in [-0.4, -0.2) is 51.9 Å². The van der Waals surface area contributed by atoms with Crippen LogP contribution >= 0.6 is 11.8 Å². The van der Waals surface area contributed by atoms with Crippen molar-refractivity contribution in [2.45, 2.75) is 29.8 Å². The van der Waals surface area contributed by atoms with E-state index in [4.69, 9.17) is 0 Å². The highest BCUT2D eigenvalue weighted by Crippen LogP contribution is 2.26. The molecule has 1 aliphatic heterocycles. The maximum Gasteiger partial charge on any atom is 0.233 e. The summed E-state index contributed by atoms with van der Waals surface area (Å²) in [5, 5.41) is 11.1. The number of nitrogens with zero attached hydrogens (tertiary/aromatic N) is 3. The Hall–Kier alpha value is -1.94. The minimum absolute atomic E-state index is 0.00516. The van der Waals surface area contributed by atoms with Crippen molar-refractivity contribution in [3.05, 3.63) is 30.1 Å². The summed E-state index contributed by atoms with van der Waals surface area (Å²) < 4.78 is 37.8. The Balaban J connectivity index is 1.65. The molecular formula is C16H19FN4O3S2. The molecule has 0 bridgehead atoms. The summed E-state index contributed by atoms with van der Waals surface area (Å²) in [7, 11) is -1.26. The van der Waals surface area contributed by atoms with Gasteiger partial charge in [-0.1, -0.05) is 11.8 Å². The molecule has 0 spiro atoms. The predicted molar refractivity (Wildman–Crippen MR) is 96.9 cm³/mol. The lowest BCUT2D eigenvalue weighted by atomic mass is 10.2. The van der Waals surface area contributed by atoms with Crippen molar-refractivity contribution in [1.29, 1.82) is 0 Å². The Labute approximate surface area is 155 Å². The highest BCUT2D eigenvalue weighted by atomic mass is 32.2. The average molecular weight is 398 g/mol. The summed E-state index contributed by atoms with van der Waals surface area (Å²) in [6.07, 6.45) is 0.449. The van der Waals surface area contributed by atoms with Gasteiger partial charge in [0.05, 0.1) is 16.8 Å². The minimum atomic E-state index is -3.04. The smallest absolute Gasteiger partial charge is 0.233 e. The lowest BCUT2D eigenvalue weighted by Gasteiger charge is -2.15. The molecule has 0 radical (unpaired) electrons. The van der Waals surface area contributed by atoms with Crippen molar-refractivity contribution < 1.29 is 17.6 Å². The van der Waals surface area contributed by atoms with E-state index in [1.807, 2.05) is 0 Å². The molecule has 0 unspecified atom stereocenters. The van der Waals surface area contributed by atoms with E-state index >= 15 is 0 Å². The van der Waals surface area contributed by atoms with Crippen molar-refractivity contribution in [3.63, 3.8) is 0 Å². The summed E-state index contributed by atoms with van der Waals surface area (Å²) in [6.45, 7) is 1.73. The molecule has 1 aromatic heterocycles. The number of hydrogen-bond donors (Lipinski definition) is 1. The molecule has 1 aromatic carbocycles. The summed E-state index contributed by atoms with van der Waals surface area (Å²) in [6, 6.07) is 5.60. The number of benzene rings is 1. The molecule has 2 atom stereocenters. The van der Waals surface area contributed by atoms with E-state index in [9.17, 15) is 17.6 Å². The maximum absolute atomic E-state index is 13.1. The number of rotatable bonds is 5. The van der Waals surface area contributed by atoms with Crippen LogP contribution < -0.4 is 5.32 Å². The van der Waals surface area contributed by atoms with Gasteiger partial charge in [-0.15, -0.1) is 10.2 Å². The van der Waals surface area contributed by atoms with Gasteiger partial charge in [-0.25, -0.2) is 12.8 Å².